The summed E-state index contributed by atoms with van der Waals surface area (Å²) in [6.07, 6.45) is 7.20. The summed E-state index contributed by atoms with van der Waals surface area (Å²) in [4.78, 5) is 2.51. The van der Waals surface area contributed by atoms with Crippen molar-refractivity contribution in [3.05, 3.63) is 53.0 Å². The maximum Gasteiger partial charge on any atom is 0.119 e. The second-order valence-corrected chi connectivity index (χ2v) is 11.2. The van der Waals surface area contributed by atoms with Crippen molar-refractivity contribution < 1.29 is 9.47 Å². The van der Waals surface area contributed by atoms with E-state index in [9.17, 15) is 0 Å². The fraction of sp³-hybridized carbons (Fsp3) is 0.571. The fourth-order valence-corrected chi connectivity index (χ4v) is 5.33. The molecule has 0 N–H and O–H groups in total. The average Bonchev–Trinajstić information content (AvgIpc) is 2.74. The Balaban J connectivity index is 1.29. The quantitative estimate of drug-likeness (QED) is 0.311. The van der Waals surface area contributed by atoms with Gasteiger partial charge in [-0.2, -0.15) is 0 Å². The molecule has 0 unspecified atom stereocenters. The minimum absolute atomic E-state index is 0.194. The van der Waals surface area contributed by atoms with Crippen molar-refractivity contribution in [3.63, 3.8) is 0 Å². The summed E-state index contributed by atoms with van der Waals surface area (Å²) in [5, 5.41) is 0. The van der Waals surface area contributed by atoms with E-state index in [0.717, 1.165) is 49.1 Å². The van der Waals surface area contributed by atoms with Gasteiger partial charge in [0.15, 0.2) is 0 Å². The van der Waals surface area contributed by atoms with Gasteiger partial charge in [-0.1, -0.05) is 52.7 Å². The first kappa shape index (κ1) is 25.3. The molecule has 0 aliphatic carbocycles. The van der Waals surface area contributed by atoms with Gasteiger partial charge in [-0.3, -0.25) is 4.90 Å². The second-order valence-electron chi connectivity index (χ2n) is 10.4. The number of halogens is 1. The van der Waals surface area contributed by atoms with Crippen LogP contribution in [0.15, 0.2) is 53.0 Å². The lowest BCUT2D eigenvalue weighted by molar-refractivity contribution is -0.0918. The van der Waals surface area contributed by atoms with E-state index in [4.69, 9.17) is 9.47 Å². The van der Waals surface area contributed by atoms with E-state index in [0.29, 0.717) is 6.10 Å². The molecule has 176 valence electrons. The van der Waals surface area contributed by atoms with Gasteiger partial charge in [0.05, 0.1) is 12.7 Å². The molecule has 1 saturated heterocycles. The number of nitrogens with zero attached hydrogens (tertiary/aromatic N) is 1. The smallest absolute Gasteiger partial charge is 0.119 e. The maximum absolute atomic E-state index is 6.27. The molecule has 3 nitrogen and oxygen atoms in total. The largest absolute Gasteiger partial charge is 0.494 e. The summed E-state index contributed by atoms with van der Waals surface area (Å²) in [5.41, 5.74) is 2.79. The zero-order valence-electron chi connectivity index (χ0n) is 20.5. The third-order valence-electron chi connectivity index (χ3n) is 6.97. The van der Waals surface area contributed by atoms with E-state index >= 15 is 0 Å². The summed E-state index contributed by atoms with van der Waals surface area (Å²) in [6, 6.07) is 16.7. The molecule has 1 aliphatic heterocycles. The van der Waals surface area contributed by atoms with Crippen LogP contribution < -0.4 is 4.74 Å². The van der Waals surface area contributed by atoms with Crippen molar-refractivity contribution in [2.75, 3.05) is 20.3 Å². The molecule has 0 radical (unpaired) electrons. The van der Waals surface area contributed by atoms with Crippen molar-refractivity contribution >= 4 is 15.9 Å². The van der Waals surface area contributed by atoms with Gasteiger partial charge in [0, 0.05) is 22.2 Å². The fourth-order valence-electron chi connectivity index (χ4n) is 4.82. The van der Waals surface area contributed by atoms with E-state index < -0.39 is 0 Å². The van der Waals surface area contributed by atoms with E-state index in [1.54, 1.807) is 0 Å². The Morgan fingerprint density at radius 2 is 1.44 bits per heavy atom. The van der Waals surface area contributed by atoms with Crippen LogP contribution in [-0.4, -0.2) is 42.3 Å². The molecule has 1 heterocycles. The number of hydrogen-bond acceptors (Lipinski definition) is 3. The third kappa shape index (κ3) is 6.82. The summed E-state index contributed by atoms with van der Waals surface area (Å²) in [7, 11) is 2.25. The van der Waals surface area contributed by atoms with Crippen LogP contribution in [0.2, 0.25) is 0 Å². The zero-order valence-corrected chi connectivity index (χ0v) is 22.1. The molecular weight excluding hydrogens is 462 g/mol. The summed E-state index contributed by atoms with van der Waals surface area (Å²) >= 11 is 3.62. The topological polar surface area (TPSA) is 21.7 Å². The zero-order chi connectivity index (χ0) is 23.2. The maximum atomic E-state index is 6.27. The molecule has 0 atom stereocenters. The lowest BCUT2D eigenvalue weighted by atomic mass is 9.79. The molecule has 0 saturated carbocycles. The number of benzene rings is 2. The van der Waals surface area contributed by atoms with Crippen LogP contribution in [0, 0.1) is 0 Å². The van der Waals surface area contributed by atoms with Gasteiger partial charge in [0.2, 0.25) is 0 Å². The minimum Gasteiger partial charge on any atom is -0.494 e. The van der Waals surface area contributed by atoms with Gasteiger partial charge in [0.1, 0.15) is 5.75 Å². The van der Waals surface area contributed by atoms with Gasteiger partial charge in [-0.25, -0.2) is 0 Å². The highest BCUT2D eigenvalue weighted by Crippen LogP contribution is 2.38. The molecule has 0 spiro atoms. The molecule has 3 rings (SSSR count). The van der Waals surface area contributed by atoms with E-state index in [1.165, 1.54) is 24.0 Å². The van der Waals surface area contributed by atoms with Crippen LogP contribution in [-0.2, 0) is 4.74 Å². The van der Waals surface area contributed by atoms with E-state index in [2.05, 4.69) is 98.0 Å². The standard InChI is InChI=1S/C28H40BrNO2/c1-27(2)20-24(21-28(3,4)30(27)5)32-19-11-7-6-10-18-31-23-16-14-22(15-17-23)25-12-8-9-13-26(25)29/h8-9,12-17,24H,6-7,10-11,18-21H2,1-5H3. The lowest BCUT2D eigenvalue weighted by Gasteiger charge is -2.53. The predicted molar refractivity (Wildman–Crippen MR) is 138 cm³/mol. The first-order valence-electron chi connectivity index (χ1n) is 12.0. The molecule has 32 heavy (non-hydrogen) atoms. The van der Waals surface area contributed by atoms with Crippen LogP contribution in [0.25, 0.3) is 11.1 Å². The predicted octanol–water partition coefficient (Wildman–Crippen LogP) is 7.72. The van der Waals surface area contributed by atoms with Crippen LogP contribution in [0.4, 0.5) is 0 Å². The second kappa shape index (κ2) is 11.2. The third-order valence-corrected chi connectivity index (χ3v) is 7.66. The molecule has 1 aliphatic rings. The minimum atomic E-state index is 0.194. The van der Waals surface area contributed by atoms with Crippen LogP contribution in [0.5, 0.6) is 5.75 Å². The number of unbranched alkanes of at least 4 members (excludes halogenated alkanes) is 3. The van der Waals surface area contributed by atoms with Crippen molar-refractivity contribution in [2.45, 2.75) is 83.4 Å². The van der Waals surface area contributed by atoms with Crippen molar-refractivity contribution in [1.82, 2.24) is 4.90 Å². The first-order valence-corrected chi connectivity index (χ1v) is 12.8. The highest BCUT2D eigenvalue weighted by molar-refractivity contribution is 9.10. The van der Waals surface area contributed by atoms with Crippen molar-refractivity contribution in [2.24, 2.45) is 0 Å². The van der Waals surface area contributed by atoms with Crippen LogP contribution in [0.3, 0.4) is 0 Å². The SMILES string of the molecule is CN1C(C)(C)CC(OCCCCCCOc2ccc(-c3ccccc3Br)cc2)CC1(C)C. The van der Waals surface area contributed by atoms with Gasteiger partial charge in [-0.05, 0) is 96.2 Å². The van der Waals surface area contributed by atoms with Crippen LogP contribution in [0.1, 0.15) is 66.2 Å². The Morgan fingerprint density at radius 1 is 0.844 bits per heavy atom. The van der Waals surface area contributed by atoms with Gasteiger partial charge in [0.25, 0.3) is 0 Å². The first-order chi connectivity index (χ1) is 15.2. The van der Waals surface area contributed by atoms with Gasteiger partial charge < -0.3 is 9.47 Å². The Labute approximate surface area is 203 Å². The average molecular weight is 503 g/mol. The number of ether oxygens (including phenoxy) is 2. The molecule has 0 aromatic heterocycles. The molecule has 0 amide bonds. The number of piperidine rings is 1. The molecule has 2 aromatic carbocycles. The highest BCUT2D eigenvalue weighted by Gasteiger charge is 2.43. The lowest BCUT2D eigenvalue weighted by Crippen LogP contribution is -2.60. The Hall–Kier alpha value is -1.36. The molecule has 1 fully saturated rings. The van der Waals surface area contributed by atoms with E-state index in [1.807, 2.05) is 6.07 Å². The highest BCUT2D eigenvalue weighted by atomic mass is 79.9. The van der Waals surface area contributed by atoms with Gasteiger partial charge in [-0.15, -0.1) is 0 Å². The molecule has 2 aromatic rings. The van der Waals surface area contributed by atoms with Crippen LogP contribution >= 0.6 is 15.9 Å². The van der Waals surface area contributed by atoms with E-state index in [-0.39, 0.29) is 11.1 Å². The van der Waals surface area contributed by atoms with Crippen molar-refractivity contribution in [1.29, 1.82) is 0 Å². The Morgan fingerprint density at radius 3 is 2.06 bits per heavy atom. The normalized spacial score (nSPS) is 18.6. The number of likely N-dealkylation sites (tertiary alicyclic amines) is 1. The number of hydrogen-bond donors (Lipinski definition) is 0. The molecule has 0 bridgehead atoms. The molecular formula is C28H40BrNO2. The Kier molecular flexibility index (Phi) is 8.82. The number of rotatable bonds is 10. The molecule has 4 heteroatoms. The summed E-state index contributed by atoms with van der Waals surface area (Å²) in [5.74, 6) is 0.941. The monoisotopic (exact) mass is 501 g/mol. The van der Waals surface area contributed by atoms with Gasteiger partial charge >= 0.3 is 0 Å². The summed E-state index contributed by atoms with van der Waals surface area (Å²) in [6.45, 7) is 11.0. The Bertz CT molecular complexity index is 829. The van der Waals surface area contributed by atoms with Crippen molar-refractivity contribution in [3.8, 4) is 16.9 Å². The summed E-state index contributed by atoms with van der Waals surface area (Å²) < 4.78 is 13.3.